The van der Waals surface area contributed by atoms with Gasteiger partial charge in [-0.25, -0.2) is 0 Å². The number of hydrogen-bond donors (Lipinski definition) is 2. The van der Waals surface area contributed by atoms with Crippen LogP contribution in [0, 0.1) is 0 Å². The number of aliphatic carboxylic acids is 1. The Morgan fingerprint density at radius 1 is 1.67 bits per heavy atom. The van der Waals surface area contributed by atoms with Crippen molar-refractivity contribution in [1.29, 1.82) is 0 Å². The Morgan fingerprint density at radius 3 is 2.58 bits per heavy atom. The molecule has 1 rings (SSSR count). The Morgan fingerprint density at radius 2 is 2.25 bits per heavy atom. The van der Waals surface area contributed by atoms with Gasteiger partial charge in [-0.3, -0.25) is 4.79 Å². The molecule has 1 atom stereocenters. The normalized spacial score (nSPS) is 29.1. The molecule has 4 heteroatoms. The predicted octanol–water partition coefficient (Wildman–Crippen LogP) is 1.09. The lowest BCUT2D eigenvalue weighted by molar-refractivity contribution is -0.172. The molecule has 70 valence electrons. The number of nitrogens with zero attached hydrogens (tertiary/aromatic N) is 1. The summed E-state index contributed by atoms with van der Waals surface area (Å²) in [4.78, 5) is 10.4. The topological polar surface area (TPSA) is 60.8 Å². The number of carbonyl (C=O) groups is 1. The first kappa shape index (κ1) is 9.48. The standard InChI is InChI=1S/C8H15NO3/c1-8(2)4-3-6(9(8)12)5-7(10)11/h6,12H,3-5H2,1-2H3,(H,10,11). The molecule has 1 aliphatic heterocycles. The van der Waals surface area contributed by atoms with E-state index in [9.17, 15) is 10.0 Å². The Kier molecular flexibility index (Phi) is 2.39. The summed E-state index contributed by atoms with van der Waals surface area (Å²) >= 11 is 0. The summed E-state index contributed by atoms with van der Waals surface area (Å²) in [6.07, 6.45) is 1.64. The molecular weight excluding hydrogens is 158 g/mol. The molecule has 4 nitrogen and oxygen atoms in total. The van der Waals surface area contributed by atoms with E-state index in [0.717, 1.165) is 12.8 Å². The maximum atomic E-state index is 10.4. The Balaban J connectivity index is 2.55. The fourth-order valence-corrected chi connectivity index (χ4v) is 1.64. The minimum absolute atomic E-state index is 0.0277. The highest BCUT2D eigenvalue weighted by Gasteiger charge is 2.39. The van der Waals surface area contributed by atoms with Crippen LogP contribution in [-0.4, -0.2) is 32.9 Å². The van der Waals surface area contributed by atoms with Gasteiger partial charge in [0.25, 0.3) is 0 Å². The van der Waals surface area contributed by atoms with Crippen molar-refractivity contribution < 1.29 is 15.1 Å². The Labute approximate surface area is 71.8 Å². The van der Waals surface area contributed by atoms with E-state index in [0.29, 0.717) is 0 Å². The molecule has 0 saturated carbocycles. The van der Waals surface area contributed by atoms with Crippen LogP contribution in [0.15, 0.2) is 0 Å². The van der Waals surface area contributed by atoms with Gasteiger partial charge in [-0.2, -0.15) is 5.06 Å². The van der Waals surface area contributed by atoms with Crippen LogP contribution in [0.1, 0.15) is 33.1 Å². The van der Waals surface area contributed by atoms with Crippen LogP contribution in [0.4, 0.5) is 0 Å². The molecule has 0 aliphatic carbocycles. The van der Waals surface area contributed by atoms with E-state index in [1.807, 2.05) is 13.8 Å². The first-order valence-electron chi connectivity index (χ1n) is 4.13. The molecule has 1 aliphatic rings. The zero-order valence-corrected chi connectivity index (χ0v) is 7.45. The molecule has 1 fully saturated rings. The molecule has 0 amide bonds. The zero-order chi connectivity index (χ0) is 9.35. The maximum absolute atomic E-state index is 10.4. The van der Waals surface area contributed by atoms with Crippen molar-refractivity contribution >= 4 is 5.97 Å². The third-order valence-corrected chi connectivity index (χ3v) is 2.47. The Hall–Kier alpha value is -0.610. The van der Waals surface area contributed by atoms with E-state index >= 15 is 0 Å². The molecular formula is C8H15NO3. The quantitative estimate of drug-likeness (QED) is 0.656. The van der Waals surface area contributed by atoms with E-state index < -0.39 is 5.97 Å². The predicted molar refractivity (Wildman–Crippen MR) is 43.0 cm³/mol. The van der Waals surface area contributed by atoms with Crippen LogP contribution in [0.2, 0.25) is 0 Å². The van der Waals surface area contributed by atoms with Gasteiger partial charge in [-0.1, -0.05) is 0 Å². The lowest BCUT2D eigenvalue weighted by Crippen LogP contribution is -2.40. The van der Waals surface area contributed by atoms with Crippen LogP contribution >= 0.6 is 0 Å². The first-order chi connectivity index (χ1) is 5.43. The minimum atomic E-state index is -0.850. The van der Waals surface area contributed by atoms with Crippen LogP contribution in [0.3, 0.4) is 0 Å². The van der Waals surface area contributed by atoms with Gasteiger partial charge in [-0.05, 0) is 26.7 Å². The molecule has 1 heterocycles. The fraction of sp³-hybridized carbons (Fsp3) is 0.875. The number of hydroxylamine groups is 2. The number of carboxylic acid groups (broad SMARTS) is 1. The van der Waals surface area contributed by atoms with Crippen LogP contribution < -0.4 is 0 Å². The number of carboxylic acids is 1. The van der Waals surface area contributed by atoms with Crippen molar-refractivity contribution in [3.05, 3.63) is 0 Å². The summed E-state index contributed by atoms with van der Waals surface area (Å²) in [6, 6.07) is -0.211. The summed E-state index contributed by atoms with van der Waals surface area (Å²) in [5.41, 5.74) is -0.264. The Bertz CT molecular complexity index is 191. The van der Waals surface area contributed by atoms with Crippen molar-refractivity contribution in [2.75, 3.05) is 0 Å². The van der Waals surface area contributed by atoms with Gasteiger partial charge in [0.05, 0.1) is 6.42 Å². The zero-order valence-electron chi connectivity index (χ0n) is 7.45. The van der Waals surface area contributed by atoms with Gasteiger partial charge in [0.1, 0.15) is 0 Å². The highest BCUT2D eigenvalue weighted by atomic mass is 16.5. The SMILES string of the molecule is CC1(C)CCC(CC(=O)O)N1O. The number of rotatable bonds is 2. The maximum Gasteiger partial charge on any atom is 0.305 e. The summed E-state index contributed by atoms with van der Waals surface area (Å²) in [7, 11) is 0. The van der Waals surface area contributed by atoms with Gasteiger partial charge in [-0.15, -0.1) is 0 Å². The first-order valence-corrected chi connectivity index (χ1v) is 4.13. The van der Waals surface area contributed by atoms with Crippen molar-refractivity contribution in [1.82, 2.24) is 5.06 Å². The molecule has 1 saturated heterocycles. The van der Waals surface area contributed by atoms with Crippen LogP contribution in [0.5, 0.6) is 0 Å². The third kappa shape index (κ3) is 1.76. The highest BCUT2D eigenvalue weighted by molar-refractivity contribution is 5.67. The van der Waals surface area contributed by atoms with Crippen molar-refractivity contribution in [2.45, 2.75) is 44.7 Å². The molecule has 1 unspecified atom stereocenters. The van der Waals surface area contributed by atoms with Crippen molar-refractivity contribution in [3.63, 3.8) is 0 Å². The van der Waals surface area contributed by atoms with E-state index in [2.05, 4.69) is 0 Å². The van der Waals surface area contributed by atoms with Crippen molar-refractivity contribution in [3.8, 4) is 0 Å². The van der Waals surface area contributed by atoms with E-state index in [-0.39, 0.29) is 18.0 Å². The van der Waals surface area contributed by atoms with E-state index in [1.54, 1.807) is 0 Å². The average Bonchev–Trinajstić information content (AvgIpc) is 2.15. The largest absolute Gasteiger partial charge is 0.481 e. The summed E-state index contributed by atoms with van der Waals surface area (Å²) in [5, 5.41) is 19.2. The molecule has 12 heavy (non-hydrogen) atoms. The van der Waals surface area contributed by atoms with Gasteiger partial charge in [0.15, 0.2) is 0 Å². The van der Waals surface area contributed by atoms with Crippen LogP contribution in [0.25, 0.3) is 0 Å². The second-order valence-electron chi connectivity index (χ2n) is 3.95. The van der Waals surface area contributed by atoms with Crippen molar-refractivity contribution in [2.24, 2.45) is 0 Å². The minimum Gasteiger partial charge on any atom is -0.481 e. The van der Waals surface area contributed by atoms with E-state index in [1.165, 1.54) is 5.06 Å². The summed E-state index contributed by atoms with van der Waals surface area (Å²) in [6.45, 7) is 3.82. The molecule has 0 aromatic carbocycles. The molecule has 2 N–H and O–H groups in total. The second kappa shape index (κ2) is 3.03. The molecule has 0 aromatic heterocycles. The van der Waals surface area contributed by atoms with Crippen LogP contribution in [-0.2, 0) is 4.79 Å². The fourth-order valence-electron chi connectivity index (χ4n) is 1.64. The molecule has 0 spiro atoms. The lowest BCUT2D eigenvalue weighted by Gasteiger charge is -2.28. The highest BCUT2D eigenvalue weighted by Crippen LogP contribution is 2.32. The second-order valence-corrected chi connectivity index (χ2v) is 3.95. The molecule has 0 bridgehead atoms. The van der Waals surface area contributed by atoms with Gasteiger partial charge < -0.3 is 10.3 Å². The average molecular weight is 173 g/mol. The van der Waals surface area contributed by atoms with Gasteiger partial charge in [0, 0.05) is 11.6 Å². The lowest BCUT2D eigenvalue weighted by atomic mass is 10.0. The monoisotopic (exact) mass is 173 g/mol. The van der Waals surface area contributed by atoms with Gasteiger partial charge in [0.2, 0.25) is 0 Å². The van der Waals surface area contributed by atoms with E-state index in [4.69, 9.17) is 5.11 Å². The third-order valence-electron chi connectivity index (χ3n) is 2.47. The van der Waals surface area contributed by atoms with Gasteiger partial charge >= 0.3 is 5.97 Å². The smallest absolute Gasteiger partial charge is 0.305 e. The summed E-state index contributed by atoms with van der Waals surface area (Å²) in [5.74, 6) is -0.850. The summed E-state index contributed by atoms with van der Waals surface area (Å²) < 4.78 is 0. The number of hydrogen-bond acceptors (Lipinski definition) is 3. The molecule has 0 aromatic rings. The molecule has 0 radical (unpaired) electrons.